The predicted molar refractivity (Wildman–Crippen MR) is 131 cm³/mol. The van der Waals surface area contributed by atoms with E-state index in [1.165, 1.54) is 17.0 Å². The van der Waals surface area contributed by atoms with Gasteiger partial charge in [0.15, 0.2) is 6.61 Å². The molecule has 194 valence electrons. The van der Waals surface area contributed by atoms with Crippen LogP contribution in [-0.4, -0.2) is 31.7 Å². The Bertz CT molecular complexity index is 1290. The fraction of sp³-hybridized carbons (Fsp3) is 0.286. The first-order valence-corrected chi connectivity index (χ1v) is 11.8. The Morgan fingerprint density at radius 1 is 1.00 bits per heavy atom. The number of carbonyl (C=O) groups excluding carboxylic acids is 2. The van der Waals surface area contributed by atoms with Crippen molar-refractivity contribution < 1.29 is 37.0 Å². The van der Waals surface area contributed by atoms with Gasteiger partial charge < -0.3 is 19.1 Å². The molecule has 1 aliphatic heterocycles. The lowest BCUT2D eigenvalue weighted by Crippen LogP contribution is -2.23. The number of anilines is 1. The molecular formula is C28H26F3NO5. The van der Waals surface area contributed by atoms with Crippen LogP contribution in [0.25, 0.3) is 0 Å². The van der Waals surface area contributed by atoms with Crippen LogP contribution < -0.4 is 14.4 Å². The monoisotopic (exact) mass is 513 g/mol. The Labute approximate surface area is 212 Å². The number of amides is 1. The van der Waals surface area contributed by atoms with E-state index in [9.17, 15) is 22.8 Å². The highest BCUT2D eigenvalue weighted by Gasteiger charge is 2.33. The van der Waals surface area contributed by atoms with Crippen LogP contribution in [0.4, 0.5) is 18.9 Å². The topological polar surface area (TPSA) is 65.1 Å². The van der Waals surface area contributed by atoms with Gasteiger partial charge in [-0.3, -0.25) is 4.79 Å². The number of esters is 1. The Kier molecular flexibility index (Phi) is 7.71. The van der Waals surface area contributed by atoms with Crippen LogP contribution in [0.1, 0.15) is 39.5 Å². The molecule has 1 aliphatic rings. The SMILES string of the molecule is CCOC(=O)COc1cc(CCOc2cccc3c2CN(c2ccc(C(F)(F)F)cc2)C3=O)ccc1C. The number of halogens is 3. The molecule has 6 nitrogen and oxygen atoms in total. The van der Waals surface area contributed by atoms with Gasteiger partial charge >= 0.3 is 12.1 Å². The molecule has 0 atom stereocenters. The standard InChI is InChI=1S/C28H26F3NO5/c1-3-35-26(33)17-37-25-15-19(8-7-18(25)2)13-14-36-24-6-4-5-22-23(24)16-32(27(22)34)21-11-9-20(10-12-21)28(29,30)31/h4-12,15H,3,13-14,16-17H2,1-2H3. The molecule has 0 radical (unpaired) electrons. The zero-order chi connectivity index (χ0) is 26.6. The summed E-state index contributed by atoms with van der Waals surface area (Å²) in [5.41, 5.74) is 2.60. The van der Waals surface area contributed by atoms with Crippen LogP contribution in [0.5, 0.6) is 11.5 Å². The van der Waals surface area contributed by atoms with E-state index in [1.54, 1.807) is 25.1 Å². The quantitative estimate of drug-likeness (QED) is 0.342. The van der Waals surface area contributed by atoms with Gasteiger partial charge in [0, 0.05) is 23.2 Å². The number of carbonyl (C=O) groups is 2. The third kappa shape index (κ3) is 6.04. The van der Waals surface area contributed by atoms with E-state index in [-0.39, 0.29) is 25.7 Å². The molecule has 0 N–H and O–H groups in total. The van der Waals surface area contributed by atoms with Gasteiger partial charge in [-0.15, -0.1) is 0 Å². The van der Waals surface area contributed by atoms with Crippen LogP contribution in [0.2, 0.25) is 0 Å². The lowest BCUT2D eigenvalue weighted by atomic mass is 10.1. The first kappa shape index (κ1) is 26.1. The van der Waals surface area contributed by atoms with Crippen molar-refractivity contribution in [2.75, 3.05) is 24.7 Å². The van der Waals surface area contributed by atoms with Crippen molar-refractivity contribution >= 4 is 17.6 Å². The molecule has 9 heteroatoms. The van der Waals surface area contributed by atoms with Gasteiger partial charge in [-0.25, -0.2) is 4.79 Å². The lowest BCUT2D eigenvalue weighted by Gasteiger charge is -2.17. The Morgan fingerprint density at radius 2 is 1.76 bits per heavy atom. The number of hydrogen-bond acceptors (Lipinski definition) is 5. The fourth-order valence-corrected chi connectivity index (χ4v) is 4.05. The van der Waals surface area contributed by atoms with Crippen LogP contribution in [0.15, 0.2) is 60.7 Å². The summed E-state index contributed by atoms with van der Waals surface area (Å²) < 4.78 is 55.2. The molecule has 0 bridgehead atoms. The summed E-state index contributed by atoms with van der Waals surface area (Å²) >= 11 is 0. The molecule has 3 aromatic rings. The van der Waals surface area contributed by atoms with E-state index >= 15 is 0 Å². The highest BCUT2D eigenvalue weighted by atomic mass is 19.4. The summed E-state index contributed by atoms with van der Waals surface area (Å²) in [6.45, 7) is 4.25. The number of alkyl halides is 3. The van der Waals surface area contributed by atoms with Gasteiger partial charge in [-0.05, 0) is 67.4 Å². The van der Waals surface area contributed by atoms with Gasteiger partial charge in [-0.2, -0.15) is 13.2 Å². The van der Waals surface area contributed by atoms with Crippen LogP contribution in [0, 0.1) is 6.92 Å². The molecule has 0 saturated heterocycles. The van der Waals surface area contributed by atoms with E-state index in [0.717, 1.165) is 23.3 Å². The second-order valence-corrected chi connectivity index (χ2v) is 8.51. The molecule has 0 aliphatic carbocycles. The van der Waals surface area contributed by atoms with Crippen molar-refractivity contribution in [3.8, 4) is 11.5 Å². The minimum atomic E-state index is -4.44. The smallest absolute Gasteiger partial charge is 0.416 e. The van der Waals surface area contributed by atoms with Crippen molar-refractivity contribution in [1.82, 2.24) is 0 Å². The molecule has 1 heterocycles. The van der Waals surface area contributed by atoms with E-state index in [2.05, 4.69) is 0 Å². The van der Waals surface area contributed by atoms with Crippen LogP contribution in [0.3, 0.4) is 0 Å². The molecule has 3 aromatic carbocycles. The molecular weight excluding hydrogens is 487 g/mol. The third-order valence-corrected chi connectivity index (χ3v) is 5.98. The Hall–Kier alpha value is -4.01. The fourth-order valence-electron chi connectivity index (χ4n) is 4.05. The average Bonchev–Trinajstić information content (AvgIpc) is 3.21. The van der Waals surface area contributed by atoms with E-state index in [0.29, 0.717) is 41.3 Å². The van der Waals surface area contributed by atoms with Crippen LogP contribution >= 0.6 is 0 Å². The summed E-state index contributed by atoms with van der Waals surface area (Å²) in [6, 6.07) is 15.4. The molecule has 1 amide bonds. The van der Waals surface area contributed by atoms with Gasteiger partial charge in [0.2, 0.25) is 0 Å². The van der Waals surface area contributed by atoms with E-state index < -0.39 is 17.7 Å². The third-order valence-electron chi connectivity index (χ3n) is 5.98. The Balaban J connectivity index is 1.40. The number of rotatable bonds is 9. The maximum atomic E-state index is 12.9. The molecule has 0 fully saturated rings. The van der Waals surface area contributed by atoms with Gasteiger partial charge in [0.05, 0.1) is 25.3 Å². The van der Waals surface area contributed by atoms with Gasteiger partial charge in [0.1, 0.15) is 11.5 Å². The first-order valence-electron chi connectivity index (χ1n) is 11.8. The lowest BCUT2D eigenvalue weighted by molar-refractivity contribution is -0.145. The first-order chi connectivity index (χ1) is 17.7. The number of nitrogens with zero attached hydrogens (tertiary/aromatic N) is 1. The highest BCUT2D eigenvalue weighted by Crippen LogP contribution is 2.36. The molecule has 0 spiro atoms. The summed E-state index contributed by atoms with van der Waals surface area (Å²) in [4.78, 5) is 26.0. The van der Waals surface area contributed by atoms with E-state index in [4.69, 9.17) is 14.2 Å². The van der Waals surface area contributed by atoms with Crippen LogP contribution in [-0.2, 0) is 28.7 Å². The van der Waals surface area contributed by atoms with Crippen molar-refractivity contribution in [3.63, 3.8) is 0 Å². The van der Waals surface area contributed by atoms with Crippen molar-refractivity contribution in [2.45, 2.75) is 33.0 Å². The van der Waals surface area contributed by atoms with Crippen molar-refractivity contribution in [2.24, 2.45) is 0 Å². The average molecular weight is 514 g/mol. The molecule has 0 unspecified atom stereocenters. The second kappa shape index (κ2) is 10.9. The Morgan fingerprint density at radius 3 is 2.46 bits per heavy atom. The maximum Gasteiger partial charge on any atom is 0.416 e. The number of benzene rings is 3. The number of fused-ring (bicyclic) bond motifs is 1. The predicted octanol–water partition coefficient (Wildman–Crippen LogP) is 5.74. The number of ether oxygens (including phenoxy) is 3. The molecule has 0 saturated carbocycles. The molecule has 37 heavy (non-hydrogen) atoms. The number of hydrogen-bond donors (Lipinski definition) is 0. The minimum absolute atomic E-state index is 0.172. The van der Waals surface area contributed by atoms with Gasteiger partial charge in [-0.1, -0.05) is 18.2 Å². The summed E-state index contributed by atoms with van der Waals surface area (Å²) in [7, 11) is 0. The maximum absolute atomic E-state index is 12.9. The summed E-state index contributed by atoms with van der Waals surface area (Å²) in [6.07, 6.45) is -3.89. The molecule has 4 rings (SSSR count). The summed E-state index contributed by atoms with van der Waals surface area (Å²) in [5, 5.41) is 0. The van der Waals surface area contributed by atoms with E-state index in [1.807, 2.05) is 25.1 Å². The normalized spacial score (nSPS) is 12.9. The minimum Gasteiger partial charge on any atom is -0.493 e. The second-order valence-electron chi connectivity index (χ2n) is 8.51. The van der Waals surface area contributed by atoms with Crippen molar-refractivity contribution in [1.29, 1.82) is 0 Å². The highest BCUT2D eigenvalue weighted by molar-refractivity contribution is 6.10. The van der Waals surface area contributed by atoms with Crippen molar-refractivity contribution in [3.05, 3.63) is 88.5 Å². The molecule has 0 aromatic heterocycles. The largest absolute Gasteiger partial charge is 0.493 e. The zero-order valence-corrected chi connectivity index (χ0v) is 20.4. The summed E-state index contributed by atoms with van der Waals surface area (Å²) in [5.74, 6) is 0.408. The van der Waals surface area contributed by atoms with Gasteiger partial charge in [0.25, 0.3) is 5.91 Å². The zero-order valence-electron chi connectivity index (χ0n) is 20.4. The number of aryl methyl sites for hydroxylation is 1.